The van der Waals surface area contributed by atoms with Gasteiger partial charge in [-0.05, 0) is 61.8 Å². The minimum atomic E-state index is -1.36. The SMILES string of the molecule is COC(=O)[C@]1(CCSC)N[C@H](c2cn(-c3ccccc3)nc2C)[C@@H]2C(=O)N(c3ccc(OC)cc3)C(=O)[C@@H]21. The lowest BCUT2D eigenvalue weighted by Gasteiger charge is -2.32. The highest BCUT2D eigenvalue weighted by molar-refractivity contribution is 7.98. The molecule has 0 spiro atoms. The summed E-state index contributed by atoms with van der Waals surface area (Å²) in [6.07, 6.45) is 4.14. The predicted octanol–water partition coefficient (Wildman–Crippen LogP) is 3.30. The van der Waals surface area contributed by atoms with Crippen molar-refractivity contribution in [3.05, 3.63) is 72.1 Å². The summed E-state index contributed by atoms with van der Waals surface area (Å²) in [7, 11) is 2.87. The predicted molar refractivity (Wildman–Crippen MR) is 144 cm³/mol. The van der Waals surface area contributed by atoms with Crippen LogP contribution in [0.3, 0.4) is 0 Å². The molecule has 2 aromatic carbocycles. The van der Waals surface area contributed by atoms with Crippen LogP contribution in [0.15, 0.2) is 60.8 Å². The third kappa shape index (κ3) is 4.08. The van der Waals surface area contributed by atoms with Gasteiger partial charge in [-0.25, -0.2) is 9.58 Å². The number of para-hydroxylation sites is 1. The first kappa shape index (κ1) is 26.0. The Hall–Kier alpha value is -3.63. The number of aromatic nitrogens is 2. The van der Waals surface area contributed by atoms with Crippen molar-refractivity contribution in [2.45, 2.75) is 24.9 Å². The summed E-state index contributed by atoms with van der Waals surface area (Å²) in [4.78, 5) is 42.7. The number of esters is 1. The van der Waals surface area contributed by atoms with Crippen molar-refractivity contribution in [2.75, 3.05) is 31.1 Å². The number of nitrogens with zero attached hydrogens (tertiary/aromatic N) is 3. The first-order chi connectivity index (χ1) is 18.4. The number of fused-ring (bicyclic) bond motifs is 1. The zero-order valence-corrected chi connectivity index (χ0v) is 22.5. The summed E-state index contributed by atoms with van der Waals surface area (Å²) in [6.45, 7) is 1.87. The normalized spacial score (nSPS) is 24.5. The van der Waals surface area contributed by atoms with Gasteiger partial charge in [-0.3, -0.25) is 19.7 Å². The third-order valence-electron chi connectivity index (χ3n) is 7.53. The second-order valence-electron chi connectivity index (χ2n) is 9.49. The summed E-state index contributed by atoms with van der Waals surface area (Å²) in [5.74, 6) is -1.84. The highest BCUT2D eigenvalue weighted by Gasteiger charge is 2.69. The van der Waals surface area contributed by atoms with Gasteiger partial charge in [-0.1, -0.05) is 18.2 Å². The fourth-order valence-corrected chi connectivity index (χ4v) is 6.24. The number of hydrogen-bond donors (Lipinski definition) is 1. The van der Waals surface area contributed by atoms with Crippen LogP contribution in [-0.4, -0.2) is 59.3 Å². The second kappa shape index (κ2) is 10.3. The molecule has 5 rings (SSSR count). The number of aryl methyl sites for hydroxylation is 1. The number of rotatable bonds is 8. The molecule has 9 nitrogen and oxygen atoms in total. The molecule has 0 radical (unpaired) electrons. The maximum atomic E-state index is 14.0. The van der Waals surface area contributed by atoms with Crippen LogP contribution in [-0.2, 0) is 19.1 Å². The molecular formula is C28H30N4O5S. The van der Waals surface area contributed by atoms with Crippen LogP contribution < -0.4 is 15.0 Å². The fraction of sp³-hybridized carbons (Fsp3) is 0.357. The molecule has 10 heteroatoms. The van der Waals surface area contributed by atoms with Gasteiger partial charge in [-0.2, -0.15) is 16.9 Å². The molecule has 0 saturated carbocycles. The van der Waals surface area contributed by atoms with E-state index in [1.807, 2.05) is 49.7 Å². The first-order valence-corrected chi connectivity index (χ1v) is 13.7. The molecule has 0 unspecified atom stereocenters. The van der Waals surface area contributed by atoms with Gasteiger partial charge in [0.05, 0.1) is 43.1 Å². The maximum Gasteiger partial charge on any atom is 0.326 e. The lowest BCUT2D eigenvalue weighted by atomic mass is 9.78. The van der Waals surface area contributed by atoms with Gasteiger partial charge in [0, 0.05) is 17.8 Å². The van der Waals surface area contributed by atoms with E-state index in [1.165, 1.54) is 12.0 Å². The van der Waals surface area contributed by atoms with E-state index in [0.717, 1.165) is 11.3 Å². The summed E-state index contributed by atoms with van der Waals surface area (Å²) < 4.78 is 12.2. The Labute approximate surface area is 225 Å². The summed E-state index contributed by atoms with van der Waals surface area (Å²) in [5.41, 5.74) is 1.42. The van der Waals surface area contributed by atoms with Crippen LogP contribution in [0.2, 0.25) is 0 Å². The van der Waals surface area contributed by atoms with Crippen molar-refractivity contribution in [3.8, 4) is 11.4 Å². The largest absolute Gasteiger partial charge is 0.497 e. The Balaban J connectivity index is 1.63. The molecule has 2 saturated heterocycles. The molecule has 2 amide bonds. The molecule has 2 fully saturated rings. The number of anilines is 1. The van der Waals surface area contributed by atoms with E-state index in [2.05, 4.69) is 10.4 Å². The highest BCUT2D eigenvalue weighted by atomic mass is 32.2. The van der Waals surface area contributed by atoms with Crippen molar-refractivity contribution in [2.24, 2.45) is 11.8 Å². The molecule has 198 valence electrons. The topological polar surface area (TPSA) is 103 Å². The molecule has 1 aromatic heterocycles. The molecular weight excluding hydrogens is 504 g/mol. The number of carbonyl (C=O) groups excluding carboxylic acids is 3. The number of amides is 2. The van der Waals surface area contributed by atoms with Gasteiger partial charge in [0.15, 0.2) is 0 Å². The average Bonchev–Trinajstić information content (AvgIpc) is 3.58. The van der Waals surface area contributed by atoms with Crippen LogP contribution in [0.5, 0.6) is 5.75 Å². The smallest absolute Gasteiger partial charge is 0.326 e. The maximum absolute atomic E-state index is 14.0. The summed E-state index contributed by atoms with van der Waals surface area (Å²) >= 11 is 1.57. The lowest BCUT2D eigenvalue weighted by molar-refractivity contribution is -0.152. The molecule has 0 aliphatic carbocycles. The molecule has 3 heterocycles. The standard InChI is InChI=1S/C28H30N4O5S/c1-17-21(16-31(30-17)18-8-6-5-7-9-18)24-22-23(28(29-24,14-15-38-4)27(35)37-3)26(34)32(25(22)33)19-10-12-20(36-2)13-11-19/h5-13,16,22-24,29H,14-15H2,1-4H3/t22-,23-,24-,28-/m1/s1. The Kier molecular flexibility index (Phi) is 7.02. The van der Waals surface area contributed by atoms with Crippen molar-refractivity contribution >= 4 is 35.2 Å². The third-order valence-corrected chi connectivity index (χ3v) is 8.14. The van der Waals surface area contributed by atoms with Crippen molar-refractivity contribution in [1.82, 2.24) is 15.1 Å². The molecule has 1 N–H and O–H groups in total. The number of carbonyl (C=O) groups is 3. The van der Waals surface area contributed by atoms with E-state index in [9.17, 15) is 14.4 Å². The van der Waals surface area contributed by atoms with Crippen LogP contribution in [0.1, 0.15) is 23.7 Å². The van der Waals surface area contributed by atoms with Crippen LogP contribution >= 0.6 is 11.8 Å². The molecule has 2 aliphatic heterocycles. The van der Waals surface area contributed by atoms with Gasteiger partial charge in [0.1, 0.15) is 11.3 Å². The minimum Gasteiger partial charge on any atom is -0.497 e. The van der Waals surface area contributed by atoms with Gasteiger partial charge < -0.3 is 9.47 Å². The number of thioether (sulfide) groups is 1. The summed E-state index contributed by atoms with van der Waals surface area (Å²) in [5, 5.41) is 8.12. The van der Waals surface area contributed by atoms with E-state index in [1.54, 1.807) is 47.8 Å². The Morgan fingerprint density at radius 1 is 1.05 bits per heavy atom. The van der Waals surface area contributed by atoms with Crippen molar-refractivity contribution in [1.29, 1.82) is 0 Å². The minimum absolute atomic E-state index is 0.333. The zero-order chi connectivity index (χ0) is 27.0. The van der Waals surface area contributed by atoms with E-state index < -0.39 is 35.3 Å². The van der Waals surface area contributed by atoms with Crippen LogP contribution in [0.4, 0.5) is 5.69 Å². The molecule has 0 bridgehead atoms. The zero-order valence-electron chi connectivity index (χ0n) is 21.7. The van der Waals surface area contributed by atoms with Crippen LogP contribution in [0.25, 0.3) is 5.69 Å². The van der Waals surface area contributed by atoms with Gasteiger partial charge in [-0.15, -0.1) is 0 Å². The fourth-order valence-electron chi connectivity index (χ4n) is 5.71. The first-order valence-electron chi connectivity index (χ1n) is 12.3. The van der Waals surface area contributed by atoms with E-state index in [0.29, 0.717) is 29.3 Å². The van der Waals surface area contributed by atoms with Gasteiger partial charge >= 0.3 is 5.97 Å². The number of benzene rings is 2. The van der Waals surface area contributed by atoms with Crippen LogP contribution in [0, 0.1) is 18.8 Å². The average molecular weight is 535 g/mol. The van der Waals surface area contributed by atoms with E-state index >= 15 is 0 Å². The molecule has 2 aliphatic rings. The van der Waals surface area contributed by atoms with Gasteiger partial charge in [0.2, 0.25) is 11.8 Å². The number of ether oxygens (including phenoxy) is 2. The molecule has 3 aromatic rings. The Bertz CT molecular complexity index is 1360. The van der Waals surface area contributed by atoms with Crippen molar-refractivity contribution < 1.29 is 23.9 Å². The monoisotopic (exact) mass is 534 g/mol. The molecule has 38 heavy (non-hydrogen) atoms. The lowest BCUT2D eigenvalue weighted by Crippen LogP contribution is -2.56. The number of hydrogen-bond acceptors (Lipinski definition) is 8. The second-order valence-corrected chi connectivity index (χ2v) is 10.5. The quantitative estimate of drug-likeness (QED) is 0.347. The number of imide groups is 1. The van der Waals surface area contributed by atoms with E-state index in [4.69, 9.17) is 9.47 Å². The van der Waals surface area contributed by atoms with E-state index in [-0.39, 0.29) is 5.91 Å². The van der Waals surface area contributed by atoms with Gasteiger partial charge in [0.25, 0.3) is 0 Å². The number of methoxy groups -OCH3 is 2. The molecule has 4 atom stereocenters. The van der Waals surface area contributed by atoms with Crippen molar-refractivity contribution in [3.63, 3.8) is 0 Å². The Morgan fingerprint density at radius 3 is 2.39 bits per heavy atom. The Morgan fingerprint density at radius 2 is 1.76 bits per heavy atom. The summed E-state index contributed by atoms with van der Waals surface area (Å²) in [6, 6.07) is 15.8. The highest BCUT2D eigenvalue weighted by Crippen LogP contribution is 2.52. The number of nitrogens with one attached hydrogen (secondary N) is 1.